The summed E-state index contributed by atoms with van der Waals surface area (Å²) in [5, 5.41) is 8.72. The van der Waals surface area contributed by atoms with Gasteiger partial charge >= 0.3 is 10.1 Å². The van der Waals surface area contributed by atoms with Crippen LogP contribution in [0.4, 0.5) is 0 Å². The summed E-state index contributed by atoms with van der Waals surface area (Å²) in [6.07, 6.45) is 0. The van der Waals surface area contributed by atoms with Crippen molar-refractivity contribution in [2.45, 2.75) is 4.21 Å². The maximum atomic E-state index is 11.9. The molecule has 7 heteroatoms. The Balaban J connectivity index is 2.31. The van der Waals surface area contributed by atoms with E-state index < -0.39 is 10.1 Å². The zero-order valence-corrected chi connectivity index (χ0v) is 12.0. The minimum absolute atomic E-state index is 0.108. The summed E-state index contributed by atoms with van der Waals surface area (Å²) in [5.41, 5.74) is 0.343. The standard InChI is InChI=1S/C11H6BrNO3S2/c12-10-4-5-11(17-10)18(14,15)16-9-3-1-2-8(6-9)7-13/h1-6H. The van der Waals surface area contributed by atoms with Crippen LogP contribution in [0, 0.1) is 11.3 Å². The molecule has 0 spiro atoms. The smallest absolute Gasteiger partial charge is 0.348 e. The molecule has 0 bridgehead atoms. The van der Waals surface area contributed by atoms with Gasteiger partial charge in [-0.1, -0.05) is 6.07 Å². The predicted molar refractivity (Wildman–Crippen MR) is 71.0 cm³/mol. The van der Waals surface area contributed by atoms with Gasteiger partial charge in [-0.05, 0) is 46.3 Å². The lowest BCUT2D eigenvalue weighted by atomic mass is 10.2. The van der Waals surface area contributed by atoms with Gasteiger partial charge in [0.25, 0.3) is 0 Å². The Morgan fingerprint density at radius 1 is 1.28 bits per heavy atom. The predicted octanol–water partition coefficient (Wildman–Crippen LogP) is 3.15. The van der Waals surface area contributed by atoms with Gasteiger partial charge in [0.05, 0.1) is 15.4 Å². The zero-order chi connectivity index (χ0) is 13.2. The van der Waals surface area contributed by atoms with E-state index in [1.54, 1.807) is 18.2 Å². The van der Waals surface area contributed by atoms with Crippen molar-refractivity contribution in [2.75, 3.05) is 0 Å². The first-order valence-corrected chi connectivity index (χ1v) is 7.73. The van der Waals surface area contributed by atoms with Crippen LogP contribution in [0.2, 0.25) is 0 Å². The summed E-state index contributed by atoms with van der Waals surface area (Å²) < 4.78 is 29.6. The molecule has 0 saturated heterocycles. The molecule has 0 fully saturated rings. The number of halogens is 1. The Morgan fingerprint density at radius 2 is 2.06 bits per heavy atom. The quantitative estimate of drug-likeness (QED) is 0.802. The number of benzene rings is 1. The molecule has 2 aromatic rings. The second kappa shape index (κ2) is 5.10. The summed E-state index contributed by atoms with van der Waals surface area (Å²) in [7, 11) is -3.84. The average Bonchev–Trinajstić information content (AvgIpc) is 2.76. The van der Waals surface area contributed by atoms with Gasteiger partial charge in [0, 0.05) is 0 Å². The first-order valence-electron chi connectivity index (χ1n) is 4.71. The third-order valence-electron chi connectivity index (χ3n) is 1.96. The van der Waals surface area contributed by atoms with Crippen molar-refractivity contribution >= 4 is 37.4 Å². The SMILES string of the molecule is N#Cc1cccc(OS(=O)(=O)c2ccc(Br)s2)c1. The third kappa shape index (κ3) is 2.90. The molecule has 18 heavy (non-hydrogen) atoms. The molecule has 4 nitrogen and oxygen atoms in total. The molecule has 0 aliphatic carbocycles. The number of hydrogen-bond donors (Lipinski definition) is 0. The van der Waals surface area contributed by atoms with E-state index in [2.05, 4.69) is 15.9 Å². The molecule has 0 amide bonds. The largest absolute Gasteiger partial charge is 0.378 e. The van der Waals surface area contributed by atoms with Crippen LogP contribution >= 0.6 is 27.3 Å². The van der Waals surface area contributed by atoms with E-state index in [0.717, 1.165) is 11.3 Å². The summed E-state index contributed by atoms with van der Waals surface area (Å²) in [6, 6.07) is 11.0. The Labute approximate surface area is 117 Å². The first-order chi connectivity index (χ1) is 8.51. The zero-order valence-electron chi connectivity index (χ0n) is 8.83. The summed E-state index contributed by atoms with van der Waals surface area (Å²) in [5.74, 6) is 0.124. The summed E-state index contributed by atoms with van der Waals surface area (Å²) in [6.45, 7) is 0. The van der Waals surface area contributed by atoms with E-state index in [1.807, 2.05) is 6.07 Å². The molecule has 0 N–H and O–H groups in total. The molecule has 0 aliphatic rings. The highest BCUT2D eigenvalue weighted by Crippen LogP contribution is 2.28. The van der Waals surface area contributed by atoms with Crippen LogP contribution in [0.3, 0.4) is 0 Å². The molecule has 92 valence electrons. The van der Waals surface area contributed by atoms with Crippen molar-refractivity contribution in [1.82, 2.24) is 0 Å². The Kier molecular flexibility index (Phi) is 3.71. The maximum absolute atomic E-state index is 11.9. The van der Waals surface area contributed by atoms with Crippen LogP contribution in [0.1, 0.15) is 5.56 Å². The van der Waals surface area contributed by atoms with E-state index >= 15 is 0 Å². The van der Waals surface area contributed by atoms with Crippen LogP contribution in [0.5, 0.6) is 5.75 Å². The van der Waals surface area contributed by atoms with Gasteiger partial charge in [0.15, 0.2) is 4.21 Å². The van der Waals surface area contributed by atoms with Crippen molar-refractivity contribution in [3.63, 3.8) is 0 Å². The molecule has 1 heterocycles. The van der Waals surface area contributed by atoms with Gasteiger partial charge in [-0.2, -0.15) is 13.7 Å². The van der Waals surface area contributed by atoms with Crippen LogP contribution in [0.25, 0.3) is 0 Å². The minimum atomic E-state index is -3.84. The normalized spacial score (nSPS) is 10.9. The molecule has 1 aromatic carbocycles. The van der Waals surface area contributed by atoms with Crippen molar-refractivity contribution in [2.24, 2.45) is 0 Å². The lowest BCUT2D eigenvalue weighted by molar-refractivity contribution is 0.488. The van der Waals surface area contributed by atoms with Crippen molar-refractivity contribution in [1.29, 1.82) is 5.26 Å². The highest BCUT2D eigenvalue weighted by atomic mass is 79.9. The molecule has 0 unspecified atom stereocenters. The van der Waals surface area contributed by atoms with Gasteiger partial charge in [0.2, 0.25) is 0 Å². The van der Waals surface area contributed by atoms with Gasteiger partial charge in [0.1, 0.15) is 5.75 Å². The minimum Gasteiger partial charge on any atom is -0.378 e. The number of nitriles is 1. The molecule has 2 rings (SSSR count). The van der Waals surface area contributed by atoms with E-state index in [9.17, 15) is 8.42 Å². The molecule has 0 saturated carbocycles. The fraction of sp³-hybridized carbons (Fsp3) is 0. The Bertz CT molecular complexity index is 716. The number of thiophene rings is 1. The second-order valence-corrected chi connectivity index (χ2v) is 7.47. The van der Waals surface area contributed by atoms with E-state index in [4.69, 9.17) is 9.44 Å². The van der Waals surface area contributed by atoms with Gasteiger partial charge in [-0.3, -0.25) is 0 Å². The molecular weight excluding hydrogens is 338 g/mol. The van der Waals surface area contributed by atoms with E-state index in [0.29, 0.717) is 9.35 Å². The van der Waals surface area contributed by atoms with Crippen LogP contribution in [-0.4, -0.2) is 8.42 Å². The summed E-state index contributed by atoms with van der Waals surface area (Å²) in [4.78, 5) is 0. The molecule has 1 aromatic heterocycles. The number of hydrogen-bond acceptors (Lipinski definition) is 5. The highest BCUT2D eigenvalue weighted by molar-refractivity contribution is 9.11. The Hall–Kier alpha value is -1.36. The fourth-order valence-electron chi connectivity index (χ4n) is 1.22. The van der Waals surface area contributed by atoms with Crippen molar-refractivity contribution < 1.29 is 12.6 Å². The monoisotopic (exact) mass is 343 g/mol. The topological polar surface area (TPSA) is 67.2 Å². The second-order valence-electron chi connectivity index (χ2n) is 3.24. The van der Waals surface area contributed by atoms with Crippen LogP contribution < -0.4 is 4.18 Å². The van der Waals surface area contributed by atoms with Crippen molar-refractivity contribution in [3.8, 4) is 11.8 Å². The van der Waals surface area contributed by atoms with E-state index in [-0.39, 0.29) is 9.96 Å². The lowest BCUT2D eigenvalue weighted by Crippen LogP contribution is -2.07. The maximum Gasteiger partial charge on any atom is 0.348 e. The average molecular weight is 344 g/mol. The first kappa shape index (κ1) is 13.1. The highest BCUT2D eigenvalue weighted by Gasteiger charge is 2.19. The van der Waals surface area contributed by atoms with Gasteiger partial charge in [-0.25, -0.2) is 0 Å². The molecule has 0 atom stereocenters. The van der Waals surface area contributed by atoms with Crippen LogP contribution in [0.15, 0.2) is 44.4 Å². The van der Waals surface area contributed by atoms with Gasteiger partial charge < -0.3 is 4.18 Å². The molecule has 0 radical (unpaired) electrons. The molecular formula is C11H6BrNO3S2. The van der Waals surface area contributed by atoms with Gasteiger partial charge in [-0.15, -0.1) is 11.3 Å². The number of nitrogens with zero attached hydrogens (tertiary/aromatic N) is 1. The molecule has 0 aliphatic heterocycles. The number of rotatable bonds is 3. The van der Waals surface area contributed by atoms with Crippen molar-refractivity contribution in [3.05, 3.63) is 45.7 Å². The fourth-order valence-corrected chi connectivity index (χ4v) is 4.11. The van der Waals surface area contributed by atoms with E-state index in [1.165, 1.54) is 18.2 Å². The van der Waals surface area contributed by atoms with Crippen LogP contribution in [-0.2, 0) is 10.1 Å². The third-order valence-corrected chi connectivity index (χ3v) is 5.29. The Morgan fingerprint density at radius 3 is 2.67 bits per heavy atom. The lowest BCUT2D eigenvalue weighted by Gasteiger charge is -2.04. The summed E-state index contributed by atoms with van der Waals surface area (Å²) >= 11 is 4.25.